The molecule has 8 nitrogen and oxygen atoms in total. The molecule has 0 amide bonds. The molecule has 0 aliphatic carbocycles. The second-order valence-corrected chi connectivity index (χ2v) is 9.66. The number of hydrogen-bond acceptors (Lipinski definition) is 6. The van der Waals surface area contributed by atoms with Crippen LogP contribution in [-0.4, -0.2) is 65.3 Å². The summed E-state index contributed by atoms with van der Waals surface area (Å²) in [6.07, 6.45) is -9.17. The summed E-state index contributed by atoms with van der Waals surface area (Å²) in [6, 6.07) is 7.56. The van der Waals surface area contributed by atoms with Crippen LogP contribution in [0.25, 0.3) is 0 Å². The topological polar surface area (TPSA) is 107 Å². The van der Waals surface area contributed by atoms with E-state index in [4.69, 9.17) is 20.7 Å². The standard InChI is InChI=1S/C26H29F6N5O3/c1-36-22(35-40-23(36)21-19(38)11-12-37(21)24(33)34)16-7-10-20(18(14-16)26(30,31)32)39-13-3-2-4-15-5-8-17(9-6-15)25(27,28)29/h5-10,14,19,21,23,38H,2-4,11-13H2,1H3,(H3,33,34)/t19-,21-,23?/m0/s1. The summed E-state index contributed by atoms with van der Waals surface area (Å²) in [5, 5.41) is 22.1. The predicted molar refractivity (Wildman–Crippen MR) is 134 cm³/mol. The van der Waals surface area contributed by atoms with E-state index in [-0.39, 0.29) is 29.7 Å². The lowest BCUT2D eigenvalue weighted by Crippen LogP contribution is -2.54. The fourth-order valence-corrected chi connectivity index (χ4v) is 4.82. The molecule has 0 bridgehead atoms. The molecule has 3 atom stereocenters. The lowest BCUT2D eigenvalue weighted by molar-refractivity contribution is -0.139. The summed E-state index contributed by atoms with van der Waals surface area (Å²) >= 11 is 0. The number of nitrogens with two attached hydrogens (primary N) is 1. The maximum Gasteiger partial charge on any atom is 0.419 e. The van der Waals surface area contributed by atoms with Gasteiger partial charge in [-0.2, -0.15) is 26.3 Å². The van der Waals surface area contributed by atoms with Crippen molar-refractivity contribution in [3.05, 3.63) is 64.7 Å². The molecule has 0 saturated carbocycles. The highest BCUT2D eigenvalue weighted by atomic mass is 19.4. The van der Waals surface area contributed by atoms with Crippen molar-refractivity contribution in [1.82, 2.24) is 9.80 Å². The highest BCUT2D eigenvalue weighted by Gasteiger charge is 2.46. The highest BCUT2D eigenvalue weighted by molar-refractivity contribution is 5.99. The summed E-state index contributed by atoms with van der Waals surface area (Å²) in [4.78, 5) is 8.42. The number of nitrogens with zero attached hydrogens (tertiary/aromatic N) is 3. The number of nitrogens with one attached hydrogen (secondary N) is 1. The highest BCUT2D eigenvalue weighted by Crippen LogP contribution is 2.38. The molecule has 2 aliphatic rings. The first kappa shape index (κ1) is 29.3. The molecule has 1 unspecified atom stereocenters. The number of ether oxygens (including phenoxy) is 1. The molecule has 14 heteroatoms. The second kappa shape index (κ2) is 11.4. The average Bonchev–Trinajstić information content (AvgIpc) is 3.45. The molecule has 0 spiro atoms. The van der Waals surface area contributed by atoms with E-state index >= 15 is 0 Å². The molecule has 2 heterocycles. The third-order valence-corrected chi connectivity index (χ3v) is 6.93. The number of hydrogen-bond donors (Lipinski definition) is 3. The summed E-state index contributed by atoms with van der Waals surface area (Å²) in [5.74, 6) is -0.508. The first-order chi connectivity index (χ1) is 18.8. The molecule has 4 N–H and O–H groups in total. The number of benzene rings is 2. The van der Waals surface area contributed by atoms with Crippen LogP contribution in [0.3, 0.4) is 0 Å². The van der Waals surface area contributed by atoms with Crippen LogP contribution in [0.5, 0.6) is 5.75 Å². The molecule has 1 saturated heterocycles. The molecule has 40 heavy (non-hydrogen) atoms. The van der Waals surface area contributed by atoms with Crippen molar-refractivity contribution in [2.24, 2.45) is 10.9 Å². The third-order valence-electron chi connectivity index (χ3n) is 6.93. The number of aliphatic hydroxyl groups excluding tert-OH is 1. The second-order valence-electron chi connectivity index (χ2n) is 9.66. The number of amidine groups is 1. The lowest BCUT2D eigenvalue weighted by atomic mass is 10.1. The van der Waals surface area contributed by atoms with Crippen LogP contribution >= 0.6 is 0 Å². The van der Waals surface area contributed by atoms with Crippen LogP contribution < -0.4 is 10.5 Å². The zero-order valence-electron chi connectivity index (χ0n) is 21.5. The molecule has 0 radical (unpaired) electrons. The van der Waals surface area contributed by atoms with Crippen molar-refractivity contribution >= 4 is 11.8 Å². The van der Waals surface area contributed by atoms with Crippen molar-refractivity contribution in [3.63, 3.8) is 0 Å². The van der Waals surface area contributed by atoms with Crippen LogP contribution in [0.4, 0.5) is 26.3 Å². The smallest absolute Gasteiger partial charge is 0.419 e. The number of likely N-dealkylation sites (N-methyl/N-ethyl adjacent to an activating group) is 1. The van der Waals surface area contributed by atoms with Gasteiger partial charge in [0.2, 0.25) is 6.23 Å². The summed E-state index contributed by atoms with van der Waals surface area (Å²) in [5.41, 5.74) is 4.67. The van der Waals surface area contributed by atoms with Gasteiger partial charge in [0, 0.05) is 19.2 Å². The first-order valence-electron chi connectivity index (χ1n) is 12.5. The van der Waals surface area contributed by atoms with E-state index < -0.39 is 41.9 Å². The minimum atomic E-state index is -4.73. The Labute approximate surface area is 226 Å². The van der Waals surface area contributed by atoms with Crippen molar-refractivity contribution < 1.29 is 41.0 Å². The minimum absolute atomic E-state index is 0.0183. The van der Waals surface area contributed by atoms with E-state index in [1.165, 1.54) is 34.1 Å². The molecule has 1 fully saturated rings. The Kier molecular flexibility index (Phi) is 8.38. The SMILES string of the molecule is CN1C(c2ccc(OCCCCc3ccc(C(F)(F)F)cc3)c(C(F)(F)F)c2)=NOC1[C@@H]1[C@@H](O)CCN1C(=N)N. The molecule has 2 aromatic carbocycles. The van der Waals surface area contributed by atoms with E-state index in [1.54, 1.807) is 7.05 Å². The molecule has 2 aliphatic heterocycles. The van der Waals surface area contributed by atoms with E-state index in [9.17, 15) is 31.4 Å². The van der Waals surface area contributed by atoms with Crippen LogP contribution in [0.1, 0.15) is 41.5 Å². The van der Waals surface area contributed by atoms with Gasteiger partial charge >= 0.3 is 12.4 Å². The summed E-state index contributed by atoms with van der Waals surface area (Å²) in [7, 11) is 1.56. The molecule has 4 rings (SSSR count). The van der Waals surface area contributed by atoms with E-state index in [1.807, 2.05) is 0 Å². The summed E-state index contributed by atoms with van der Waals surface area (Å²) in [6.45, 7) is 0.314. The Morgan fingerprint density at radius 1 is 1.10 bits per heavy atom. The van der Waals surface area contributed by atoms with Crippen LogP contribution in [0, 0.1) is 5.41 Å². The van der Waals surface area contributed by atoms with Gasteiger partial charge in [0.15, 0.2) is 11.8 Å². The van der Waals surface area contributed by atoms with Gasteiger partial charge in [-0.3, -0.25) is 5.41 Å². The molecule has 2 aromatic rings. The lowest BCUT2D eigenvalue weighted by Gasteiger charge is -2.33. The number of alkyl halides is 6. The Morgan fingerprint density at radius 3 is 2.42 bits per heavy atom. The van der Waals surface area contributed by atoms with Gasteiger partial charge in [-0.05, 0) is 61.6 Å². The largest absolute Gasteiger partial charge is 0.493 e. The van der Waals surface area contributed by atoms with Crippen LogP contribution in [0.2, 0.25) is 0 Å². The fourth-order valence-electron chi connectivity index (χ4n) is 4.82. The van der Waals surface area contributed by atoms with Gasteiger partial charge < -0.3 is 30.2 Å². The number of unbranched alkanes of at least 4 members (excludes halogenated alkanes) is 1. The molecular formula is C26H29F6N5O3. The van der Waals surface area contributed by atoms with Gasteiger partial charge in [-0.1, -0.05) is 17.3 Å². The van der Waals surface area contributed by atoms with Crippen molar-refractivity contribution in [3.8, 4) is 5.75 Å². The van der Waals surface area contributed by atoms with Gasteiger partial charge in [0.25, 0.3) is 0 Å². The number of rotatable bonds is 8. The van der Waals surface area contributed by atoms with Gasteiger partial charge in [-0.15, -0.1) is 0 Å². The number of oxime groups is 1. The number of aryl methyl sites for hydroxylation is 1. The van der Waals surface area contributed by atoms with Crippen molar-refractivity contribution in [1.29, 1.82) is 5.41 Å². The van der Waals surface area contributed by atoms with E-state index in [0.717, 1.165) is 18.2 Å². The fraction of sp³-hybridized carbons (Fsp3) is 0.462. The predicted octanol–water partition coefficient (Wildman–Crippen LogP) is 4.40. The Balaban J connectivity index is 1.38. The zero-order valence-corrected chi connectivity index (χ0v) is 21.5. The quantitative estimate of drug-likeness (QED) is 0.187. The maximum absolute atomic E-state index is 13.9. The van der Waals surface area contributed by atoms with E-state index in [0.29, 0.717) is 37.8 Å². The third kappa shape index (κ3) is 6.37. The zero-order chi connectivity index (χ0) is 29.2. The van der Waals surface area contributed by atoms with Crippen LogP contribution in [0.15, 0.2) is 47.6 Å². The average molecular weight is 574 g/mol. The minimum Gasteiger partial charge on any atom is -0.493 e. The van der Waals surface area contributed by atoms with Crippen molar-refractivity contribution in [2.75, 3.05) is 20.2 Å². The maximum atomic E-state index is 13.9. The molecule has 0 aromatic heterocycles. The molecule has 218 valence electrons. The van der Waals surface area contributed by atoms with Gasteiger partial charge in [-0.25, -0.2) is 0 Å². The van der Waals surface area contributed by atoms with Gasteiger partial charge in [0.1, 0.15) is 11.8 Å². The van der Waals surface area contributed by atoms with E-state index in [2.05, 4.69) is 5.16 Å². The Bertz CT molecular complexity index is 1230. The van der Waals surface area contributed by atoms with Gasteiger partial charge in [0.05, 0.1) is 23.8 Å². The monoisotopic (exact) mass is 573 g/mol. The number of aliphatic hydroxyl groups is 1. The normalized spacial score (nSPS) is 21.4. The molecular weight excluding hydrogens is 544 g/mol. The first-order valence-corrected chi connectivity index (χ1v) is 12.5. The van der Waals surface area contributed by atoms with Crippen LogP contribution in [-0.2, 0) is 23.6 Å². The number of likely N-dealkylation sites (tertiary alicyclic amines) is 1. The Morgan fingerprint density at radius 2 is 1.80 bits per heavy atom. The number of guanidine groups is 1. The summed E-state index contributed by atoms with van der Waals surface area (Å²) < 4.78 is 85.2. The number of halogens is 6. The Hall–Kier alpha value is -3.68. The van der Waals surface area contributed by atoms with Crippen molar-refractivity contribution in [2.45, 2.75) is 56.4 Å².